The van der Waals surface area contributed by atoms with E-state index >= 15 is 0 Å². The molecule has 0 unspecified atom stereocenters. The summed E-state index contributed by atoms with van der Waals surface area (Å²) in [4.78, 5) is 16.4. The maximum absolute atomic E-state index is 14.4. The molecule has 0 radical (unpaired) electrons. The van der Waals surface area contributed by atoms with Crippen LogP contribution in [-0.4, -0.2) is 47.8 Å². The Kier molecular flexibility index (Phi) is 5.28. The smallest absolute Gasteiger partial charge is 0.254 e. The highest BCUT2D eigenvalue weighted by Gasteiger charge is 2.37. The van der Waals surface area contributed by atoms with Crippen LogP contribution in [0.25, 0.3) is 11.3 Å². The Balaban J connectivity index is 1.54. The summed E-state index contributed by atoms with van der Waals surface area (Å²) in [5.41, 5.74) is 2.22. The van der Waals surface area contributed by atoms with Crippen molar-refractivity contribution < 1.29 is 19.0 Å². The van der Waals surface area contributed by atoms with Gasteiger partial charge in [-0.2, -0.15) is 0 Å². The normalized spacial score (nSPS) is 17.6. The first-order valence-electron chi connectivity index (χ1n) is 9.68. The quantitative estimate of drug-likeness (QED) is 0.750. The lowest BCUT2D eigenvalue weighted by atomic mass is 9.84. The number of rotatable bonds is 4. The van der Waals surface area contributed by atoms with Crippen molar-refractivity contribution in [3.63, 3.8) is 0 Å². The zero-order chi connectivity index (χ0) is 19.6. The number of aliphatic hydroxyl groups excluding tert-OH is 1. The summed E-state index contributed by atoms with van der Waals surface area (Å²) >= 11 is 0. The summed E-state index contributed by atoms with van der Waals surface area (Å²) < 4.78 is 20.7. The molecule has 1 fully saturated rings. The van der Waals surface area contributed by atoms with E-state index in [-0.39, 0.29) is 24.3 Å². The lowest BCUT2D eigenvalue weighted by Crippen LogP contribution is -2.48. The summed E-state index contributed by atoms with van der Waals surface area (Å²) in [6, 6.07) is 6.40. The highest BCUT2D eigenvalue weighted by molar-refractivity contribution is 5.94. The van der Waals surface area contributed by atoms with Crippen molar-refractivity contribution in [2.24, 2.45) is 0 Å². The maximum atomic E-state index is 14.4. The Labute approximate surface area is 163 Å². The second-order valence-electron chi connectivity index (χ2n) is 7.39. The number of aliphatic hydroxyl groups is 1. The number of halogens is 1. The van der Waals surface area contributed by atoms with Crippen LogP contribution in [0, 0.1) is 5.82 Å². The third kappa shape index (κ3) is 3.72. The molecule has 1 saturated heterocycles. The molecule has 3 heterocycles. The standard InChI is InChI=1S/C21H24FN3O3/c22-17-11-14(1-2-16(17)20(27)24-9-10-26)18-12-15-3-4-21(5-7-23-8-6-21)28-19(15)13-25-18/h1-2,11-13,23,26H,3-10H2,(H,24,27). The average Bonchev–Trinajstić information content (AvgIpc) is 2.72. The first-order chi connectivity index (χ1) is 13.6. The van der Waals surface area contributed by atoms with Gasteiger partial charge in [0.05, 0.1) is 24.1 Å². The summed E-state index contributed by atoms with van der Waals surface area (Å²) in [5.74, 6) is -0.341. The van der Waals surface area contributed by atoms with Crippen LogP contribution >= 0.6 is 0 Å². The molecule has 1 spiro atoms. The number of fused-ring (bicyclic) bond motifs is 1. The molecule has 0 saturated carbocycles. The summed E-state index contributed by atoms with van der Waals surface area (Å²) in [5, 5.41) is 14.6. The Bertz CT molecular complexity index is 881. The zero-order valence-corrected chi connectivity index (χ0v) is 15.6. The van der Waals surface area contributed by atoms with E-state index in [4.69, 9.17) is 9.84 Å². The van der Waals surface area contributed by atoms with Gasteiger partial charge in [-0.3, -0.25) is 9.78 Å². The molecule has 1 aromatic carbocycles. The van der Waals surface area contributed by atoms with Gasteiger partial charge in [0.2, 0.25) is 0 Å². The minimum atomic E-state index is -0.614. The molecule has 6 nitrogen and oxygen atoms in total. The fourth-order valence-corrected chi connectivity index (χ4v) is 3.93. The van der Waals surface area contributed by atoms with Gasteiger partial charge in [0.15, 0.2) is 0 Å². The minimum Gasteiger partial charge on any atom is -0.485 e. The number of pyridine rings is 1. The van der Waals surface area contributed by atoms with Crippen molar-refractivity contribution in [2.45, 2.75) is 31.3 Å². The van der Waals surface area contributed by atoms with Gasteiger partial charge in [-0.1, -0.05) is 6.07 Å². The second kappa shape index (κ2) is 7.85. The Morgan fingerprint density at radius 3 is 2.86 bits per heavy atom. The molecule has 2 aromatic rings. The molecule has 1 aromatic heterocycles. The molecule has 7 heteroatoms. The van der Waals surface area contributed by atoms with Crippen LogP contribution < -0.4 is 15.4 Å². The number of nitrogens with one attached hydrogen (secondary N) is 2. The Morgan fingerprint density at radius 1 is 1.29 bits per heavy atom. The molecule has 1 amide bonds. The third-order valence-corrected chi connectivity index (χ3v) is 5.55. The fourth-order valence-electron chi connectivity index (χ4n) is 3.93. The van der Waals surface area contributed by atoms with Crippen molar-refractivity contribution >= 4 is 5.91 Å². The molecular weight excluding hydrogens is 361 g/mol. The van der Waals surface area contributed by atoms with Gasteiger partial charge in [-0.25, -0.2) is 4.39 Å². The van der Waals surface area contributed by atoms with Crippen LogP contribution in [0.1, 0.15) is 35.2 Å². The molecule has 3 N–H and O–H groups in total. The topological polar surface area (TPSA) is 83.5 Å². The van der Waals surface area contributed by atoms with Crippen LogP contribution in [0.3, 0.4) is 0 Å². The van der Waals surface area contributed by atoms with Crippen LogP contribution in [0.15, 0.2) is 30.5 Å². The number of carbonyl (C=O) groups excluding carboxylic acids is 1. The van der Waals surface area contributed by atoms with Crippen molar-refractivity contribution in [2.75, 3.05) is 26.2 Å². The lowest BCUT2D eigenvalue weighted by molar-refractivity contribution is 0.0166. The average molecular weight is 385 g/mol. The number of hydrogen-bond acceptors (Lipinski definition) is 5. The largest absolute Gasteiger partial charge is 0.485 e. The monoisotopic (exact) mass is 385 g/mol. The SMILES string of the molecule is O=C(NCCO)c1ccc(-c2cc3c(cn2)OC2(CCNCC2)CC3)cc1F. The van der Waals surface area contributed by atoms with Crippen LogP contribution in [0.4, 0.5) is 4.39 Å². The van der Waals surface area contributed by atoms with Gasteiger partial charge in [-0.05, 0) is 62.5 Å². The molecule has 4 rings (SSSR count). The first-order valence-corrected chi connectivity index (χ1v) is 9.68. The van der Waals surface area contributed by atoms with E-state index in [0.29, 0.717) is 11.3 Å². The molecule has 2 aliphatic heterocycles. The second-order valence-corrected chi connectivity index (χ2v) is 7.39. The fraction of sp³-hybridized carbons (Fsp3) is 0.429. The number of benzene rings is 1. The molecular formula is C21H24FN3O3. The van der Waals surface area contributed by atoms with Crippen LogP contribution in [0.5, 0.6) is 5.75 Å². The van der Waals surface area contributed by atoms with E-state index in [1.807, 2.05) is 6.07 Å². The van der Waals surface area contributed by atoms with E-state index in [1.54, 1.807) is 12.3 Å². The van der Waals surface area contributed by atoms with E-state index in [9.17, 15) is 9.18 Å². The number of hydrogen-bond donors (Lipinski definition) is 3. The molecule has 0 aliphatic carbocycles. The lowest BCUT2D eigenvalue weighted by Gasteiger charge is -2.41. The van der Waals surface area contributed by atoms with Gasteiger partial charge in [0.25, 0.3) is 5.91 Å². The predicted molar refractivity (Wildman–Crippen MR) is 103 cm³/mol. The summed E-state index contributed by atoms with van der Waals surface area (Å²) in [6.07, 6.45) is 5.62. The Hall–Kier alpha value is -2.51. The van der Waals surface area contributed by atoms with E-state index in [2.05, 4.69) is 15.6 Å². The number of aromatic nitrogens is 1. The van der Waals surface area contributed by atoms with Crippen molar-refractivity contribution in [3.8, 4) is 17.0 Å². The molecule has 2 aliphatic rings. The van der Waals surface area contributed by atoms with Gasteiger partial charge in [-0.15, -0.1) is 0 Å². The third-order valence-electron chi connectivity index (χ3n) is 5.55. The van der Waals surface area contributed by atoms with Crippen molar-refractivity contribution in [1.82, 2.24) is 15.6 Å². The molecule has 28 heavy (non-hydrogen) atoms. The molecule has 0 bridgehead atoms. The summed E-state index contributed by atoms with van der Waals surface area (Å²) in [7, 11) is 0. The number of carbonyl (C=O) groups is 1. The van der Waals surface area contributed by atoms with E-state index in [0.717, 1.165) is 50.1 Å². The predicted octanol–water partition coefficient (Wildman–Crippen LogP) is 2.06. The number of ether oxygens (including phenoxy) is 1. The number of aryl methyl sites for hydroxylation is 1. The molecule has 0 atom stereocenters. The van der Waals surface area contributed by atoms with Crippen LogP contribution in [0.2, 0.25) is 0 Å². The van der Waals surface area contributed by atoms with Gasteiger partial charge < -0.3 is 20.5 Å². The maximum Gasteiger partial charge on any atom is 0.254 e. The van der Waals surface area contributed by atoms with Gasteiger partial charge >= 0.3 is 0 Å². The van der Waals surface area contributed by atoms with E-state index < -0.39 is 11.7 Å². The van der Waals surface area contributed by atoms with Gasteiger partial charge in [0, 0.05) is 12.1 Å². The highest BCUT2D eigenvalue weighted by atomic mass is 19.1. The van der Waals surface area contributed by atoms with E-state index in [1.165, 1.54) is 12.1 Å². The summed E-state index contributed by atoms with van der Waals surface area (Å²) in [6.45, 7) is 1.84. The first kappa shape index (κ1) is 18.8. The number of amides is 1. The van der Waals surface area contributed by atoms with Crippen molar-refractivity contribution in [1.29, 1.82) is 0 Å². The van der Waals surface area contributed by atoms with Gasteiger partial charge in [0.1, 0.15) is 17.2 Å². The van der Waals surface area contributed by atoms with Crippen molar-refractivity contribution in [3.05, 3.63) is 47.4 Å². The minimum absolute atomic E-state index is 0.0497. The van der Waals surface area contributed by atoms with Crippen LogP contribution in [-0.2, 0) is 6.42 Å². The number of piperidine rings is 1. The number of nitrogens with zero attached hydrogens (tertiary/aromatic N) is 1. The highest BCUT2D eigenvalue weighted by Crippen LogP contribution is 2.39. The Morgan fingerprint density at radius 2 is 2.11 bits per heavy atom. The molecule has 148 valence electrons. The zero-order valence-electron chi connectivity index (χ0n) is 15.6.